The van der Waals surface area contributed by atoms with Gasteiger partial charge >= 0.3 is 0 Å². The van der Waals surface area contributed by atoms with Gasteiger partial charge in [-0.3, -0.25) is 0 Å². The quantitative estimate of drug-likeness (QED) is 0.170. The van der Waals surface area contributed by atoms with E-state index in [1.807, 2.05) is 18.2 Å². The van der Waals surface area contributed by atoms with Crippen molar-refractivity contribution in [3.63, 3.8) is 0 Å². The predicted molar refractivity (Wildman–Crippen MR) is 222 cm³/mol. The van der Waals surface area contributed by atoms with E-state index in [0.29, 0.717) is 0 Å². The fraction of sp³-hybridized carbons (Fsp3) is 0. The van der Waals surface area contributed by atoms with Gasteiger partial charge in [0.25, 0.3) is 0 Å². The highest BCUT2D eigenvalue weighted by Gasteiger charge is 2.26. The van der Waals surface area contributed by atoms with E-state index in [1.54, 1.807) is 0 Å². The molecule has 0 atom stereocenters. The smallest absolute Gasteiger partial charge is 0.137 e. The zero-order valence-corrected chi connectivity index (χ0v) is 28.7. The molecular formula is C50H31NO2. The third-order valence-corrected chi connectivity index (χ3v) is 10.6. The number of para-hydroxylation sites is 2. The summed E-state index contributed by atoms with van der Waals surface area (Å²) in [6.07, 6.45) is 0. The van der Waals surface area contributed by atoms with Gasteiger partial charge in [-0.1, -0.05) is 146 Å². The van der Waals surface area contributed by atoms with Crippen LogP contribution in [-0.4, -0.2) is 0 Å². The summed E-state index contributed by atoms with van der Waals surface area (Å²) in [6, 6.07) is 66.9. The van der Waals surface area contributed by atoms with Crippen LogP contribution >= 0.6 is 0 Å². The van der Waals surface area contributed by atoms with Gasteiger partial charge in [-0.2, -0.15) is 0 Å². The molecule has 11 aromatic rings. The average molecular weight is 678 g/mol. The van der Waals surface area contributed by atoms with Crippen LogP contribution in [0.25, 0.3) is 87.7 Å². The van der Waals surface area contributed by atoms with Crippen LogP contribution in [0.5, 0.6) is 0 Å². The normalized spacial score (nSPS) is 11.8. The molecule has 0 aliphatic rings. The van der Waals surface area contributed by atoms with Crippen molar-refractivity contribution in [2.45, 2.75) is 0 Å². The molecular weight excluding hydrogens is 647 g/mol. The first kappa shape index (κ1) is 29.6. The molecule has 0 radical (unpaired) electrons. The Morgan fingerprint density at radius 3 is 1.62 bits per heavy atom. The van der Waals surface area contributed by atoms with Gasteiger partial charge in [-0.15, -0.1) is 0 Å². The molecule has 0 bridgehead atoms. The third kappa shape index (κ3) is 4.61. The van der Waals surface area contributed by atoms with Crippen molar-refractivity contribution in [1.82, 2.24) is 0 Å². The fourth-order valence-electron chi connectivity index (χ4n) is 8.29. The predicted octanol–water partition coefficient (Wildman–Crippen LogP) is 14.6. The molecule has 0 saturated heterocycles. The number of anilines is 3. The molecule has 0 unspecified atom stereocenters. The van der Waals surface area contributed by atoms with E-state index in [1.165, 1.54) is 32.8 Å². The first-order valence-electron chi connectivity index (χ1n) is 18.0. The van der Waals surface area contributed by atoms with Crippen molar-refractivity contribution in [3.05, 3.63) is 188 Å². The van der Waals surface area contributed by atoms with Gasteiger partial charge < -0.3 is 13.7 Å². The van der Waals surface area contributed by atoms with E-state index in [-0.39, 0.29) is 0 Å². The second-order valence-electron chi connectivity index (χ2n) is 13.6. The SMILES string of the molecule is c1ccc(-c2ccc(-c3c(N(c4ccc5oc6ccccc6c5c4)c4cccc5oc6ccccc6c45)c4ccccc4c4ccccc34)cc2)cc1. The summed E-state index contributed by atoms with van der Waals surface area (Å²) in [4.78, 5) is 2.46. The van der Waals surface area contributed by atoms with Gasteiger partial charge in [0.05, 0.1) is 16.8 Å². The van der Waals surface area contributed by atoms with Crippen molar-refractivity contribution < 1.29 is 8.83 Å². The molecule has 11 rings (SSSR count). The van der Waals surface area contributed by atoms with Crippen LogP contribution in [-0.2, 0) is 0 Å². The molecule has 2 heterocycles. The van der Waals surface area contributed by atoms with Crippen molar-refractivity contribution in [1.29, 1.82) is 0 Å². The van der Waals surface area contributed by atoms with Crippen LogP contribution in [0.1, 0.15) is 0 Å². The summed E-state index contributed by atoms with van der Waals surface area (Å²) in [5.41, 5.74) is 11.3. The molecule has 0 fully saturated rings. The number of hydrogen-bond donors (Lipinski definition) is 0. The fourth-order valence-corrected chi connectivity index (χ4v) is 8.29. The van der Waals surface area contributed by atoms with Gasteiger partial charge in [0, 0.05) is 32.8 Å². The van der Waals surface area contributed by atoms with Crippen LogP contribution in [0, 0.1) is 0 Å². The number of hydrogen-bond acceptors (Lipinski definition) is 3. The lowest BCUT2D eigenvalue weighted by Crippen LogP contribution is -2.12. The Hall–Kier alpha value is -7.10. The largest absolute Gasteiger partial charge is 0.456 e. The highest BCUT2D eigenvalue weighted by Crippen LogP contribution is 2.52. The van der Waals surface area contributed by atoms with E-state index in [0.717, 1.165) is 71.9 Å². The Morgan fingerprint density at radius 1 is 0.321 bits per heavy atom. The molecule has 0 saturated carbocycles. The maximum Gasteiger partial charge on any atom is 0.137 e. The molecule has 53 heavy (non-hydrogen) atoms. The Kier molecular flexibility index (Phi) is 6.55. The first-order chi connectivity index (χ1) is 26.3. The van der Waals surface area contributed by atoms with E-state index in [4.69, 9.17) is 8.83 Å². The number of fused-ring (bicyclic) bond motifs is 9. The highest BCUT2D eigenvalue weighted by atomic mass is 16.3. The molecule has 3 heteroatoms. The lowest BCUT2D eigenvalue weighted by atomic mass is 9.89. The second kappa shape index (κ2) is 11.7. The van der Waals surface area contributed by atoms with E-state index in [2.05, 4.69) is 175 Å². The monoisotopic (exact) mass is 677 g/mol. The molecule has 0 spiro atoms. The minimum absolute atomic E-state index is 0.849. The zero-order chi connectivity index (χ0) is 34.9. The van der Waals surface area contributed by atoms with Crippen molar-refractivity contribution in [2.24, 2.45) is 0 Å². The summed E-state index contributed by atoms with van der Waals surface area (Å²) < 4.78 is 12.9. The average Bonchev–Trinajstić information content (AvgIpc) is 3.80. The lowest BCUT2D eigenvalue weighted by molar-refractivity contribution is 0.668. The molecule has 3 nitrogen and oxygen atoms in total. The topological polar surface area (TPSA) is 29.5 Å². The first-order valence-corrected chi connectivity index (χ1v) is 18.0. The summed E-state index contributed by atoms with van der Waals surface area (Å²) >= 11 is 0. The zero-order valence-electron chi connectivity index (χ0n) is 28.7. The molecule has 2 aromatic heterocycles. The molecule has 0 aliphatic heterocycles. The Labute approximate surface area is 305 Å². The lowest BCUT2D eigenvalue weighted by Gasteiger charge is -2.31. The second-order valence-corrected chi connectivity index (χ2v) is 13.6. The van der Waals surface area contributed by atoms with Crippen LogP contribution in [0.3, 0.4) is 0 Å². The van der Waals surface area contributed by atoms with Crippen LogP contribution < -0.4 is 4.90 Å². The molecule has 0 N–H and O–H groups in total. The maximum absolute atomic E-state index is 6.52. The Morgan fingerprint density at radius 2 is 0.849 bits per heavy atom. The van der Waals surface area contributed by atoms with Crippen LogP contribution in [0.15, 0.2) is 197 Å². The summed E-state index contributed by atoms with van der Waals surface area (Å²) in [5.74, 6) is 0. The minimum atomic E-state index is 0.849. The van der Waals surface area contributed by atoms with Gasteiger partial charge in [0.1, 0.15) is 22.3 Å². The van der Waals surface area contributed by atoms with Crippen molar-refractivity contribution >= 4 is 82.5 Å². The Bertz CT molecular complexity index is 3170. The Balaban J connectivity index is 1.29. The number of benzene rings is 9. The van der Waals surface area contributed by atoms with Gasteiger partial charge in [0.2, 0.25) is 0 Å². The molecule has 0 aliphatic carbocycles. The van der Waals surface area contributed by atoms with E-state index >= 15 is 0 Å². The number of rotatable bonds is 5. The summed E-state index contributed by atoms with van der Waals surface area (Å²) in [5, 5.41) is 9.10. The summed E-state index contributed by atoms with van der Waals surface area (Å²) in [7, 11) is 0. The number of furan rings is 2. The van der Waals surface area contributed by atoms with Gasteiger partial charge in [-0.25, -0.2) is 0 Å². The minimum Gasteiger partial charge on any atom is -0.456 e. The van der Waals surface area contributed by atoms with Crippen LogP contribution in [0.4, 0.5) is 17.1 Å². The van der Waals surface area contributed by atoms with E-state index < -0.39 is 0 Å². The molecule has 9 aromatic carbocycles. The number of nitrogens with zero attached hydrogens (tertiary/aromatic N) is 1. The van der Waals surface area contributed by atoms with Crippen LogP contribution in [0.2, 0.25) is 0 Å². The van der Waals surface area contributed by atoms with Gasteiger partial charge in [-0.05, 0) is 75.3 Å². The summed E-state index contributed by atoms with van der Waals surface area (Å²) in [6.45, 7) is 0. The molecule has 0 amide bonds. The highest BCUT2D eigenvalue weighted by molar-refractivity contribution is 6.24. The third-order valence-electron chi connectivity index (χ3n) is 10.6. The maximum atomic E-state index is 6.52. The molecule has 248 valence electrons. The van der Waals surface area contributed by atoms with E-state index in [9.17, 15) is 0 Å². The standard InChI is InChI=1S/C50H31NO2/c1-2-13-32(14-3-1)33-25-27-34(28-26-33)48-39-18-6-4-15-36(39)37-16-5-7-19-40(37)50(48)51(35-29-30-46-42(31-35)38-17-8-10-22-44(38)52-46)43-21-12-24-47-49(43)41-20-9-11-23-45(41)53-47/h1-31H. The van der Waals surface area contributed by atoms with Gasteiger partial charge in [0.15, 0.2) is 0 Å². The van der Waals surface area contributed by atoms with Crippen molar-refractivity contribution in [3.8, 4) is 22.3 Å². The van der Waals surface area contributed by atoms with Crippen molar-refractivity contribution in [2.75, 3.05) is 4.90 Å².